The highest BCUT2D eigenvalue weighted by Crippen LogP contribution is 2.27. The van der Waals surface area contributed by atoms with Crippen LogP contribution in [0.15, 0.2) is 39.8 Å². The van der Waals surface area contributed by atoms with E-state index < -0.39 is 5.97 Å². The Morgan fingerprint density at radius 3 is 2.72 bits per heavy atom. The van der Waals surface area contributed by atoms with E-state index in [1.807, 2.05) is 12.1 Å². The Balaban J connectivity index is 1.59. The molecule has 1 fully saturated rings. The summed E-state index contributed by atoms with van der Waals surface area (Å²) in [5.41, 5.74) is 1.05. The van der Waals surface area contributed by atoms with Gasteiger partial charge in [-0.1, -0.05) is 29.3 Å². The Kier molecular flexibility index (Phi) is 7.48. The molecular weight excluding hydrogens is 439 g/mol. The van der Waals surface area contributed by atoms with E-state index in [1.54, 1.807) is 6.07 Å². The first-order valence-corrected chi connectivity index (χ1v) is 10.4. The smallest absolute Gasteiger partial charge is 0.371 e. The number of morpholine rings is 1. The van der Waals surface area contributed by atoms with Crippen molar-refractivity contribution in [1.29, 1.82) is 0 Å². The van der Waals surface area contributed by atoms with Crippen LogP contribution in [0.4, 0.5) is 0 Å². The van der Waals surface area contributed by atoms with Crippen molar-refractivity contribution in [2.75, 3.05) is 26.2 Å². The summed E-state index contributed by atoms with van der Waals surface area (Å²) < 4.78 is 12.6. The summed E-state index contributed by atoms with van der Waals surface area (Å²) in [6.07, 6.45) is -0.183. The van der Waals surface area contributed by atoms with Crippen molar-refractivity contribution in [2.24, 2.45) is 0 Å². The summed E-state index contributed by atoms with van der Waals surface area (Å²) >= 11 is 13.1. The molecule has 2 aromatic rings. The summed E-state index contributed by atoms with van der Waals surface area (Å²) in [5, 5.41) is 10.3. The fourth-order valence-electron chi connectivity index (χ4n) is 2.94. The molecule has 1 saturated heterocycles. The molecule has 156 valence electrons. The third kappa shape index (κ3) is 6.13. The van der Waals surface area contributed by atoms with Crippen LogP contribution in [0, 0.1) is 0 Å². The van der Waals surface area contributed by atoms with Crippen molar-refractivity contribution in [3.63, 3.8) is 0 Å². The molecule has 29 heavy (non-hydrogen) atoms. The Bertz CT molecular complexity index is 891. The Morgan fingerprint density at radius 1 is 1.28 bits per heavy atom. The zero-order valence-corrected chi connectivity index (χ0v) is 18.0. The normalized spacial score (nSPS) is 17.3. The molecule has 1 aromatic heterocycles. The number of hydrogen-bond acceptors (Lipinski definition) is 6. The number of benzene rings is 1. The molecule has 3 rings (SSSR count). The summed E-state index contributed by atoms with van der Waals surface area (Å²) in [6.45, 7) is 4.45. The standard InChI is InChI=1S/C19H20Cl2N2O5S/c1-12(24)23(29-18-5-4-17(28-18)19(25)26)11-14-10-22(6-7-27-14)9-13-2-3-15(20)16(21)8-13/h2-5,8,14H,6-7,9-11H2,1H3,(H,25,26)/t14-/m0/s1. The number of nitrogens with zero attached hydrogens (tertiary/aromatic N) is 2. The van der Waals surface area contributed by atoms with Gasteiger partial charge in [-0.2, -0.15) is 0 Å². The van der Waals surface area contributed by atoms with Crippen molar-refractivity contribution in [3.05, 3.63) is 51.7 Å². The molecule has 1 aromatic carbocycles. The Labute approximate surface area is 182 Å². The Morgan fingerprint density at radius 2 is 2.07 bits per heavy atom. The molecule has 2 heterocycles. The second kappa shape index (κ2) is 9.86. The molecule has 0 radical (unpaired) electrons. The predicted octanol–water partition coefficient (Wildman–Crippen LogP) is 4.04. The van der Waals surface area contributed by atoms with E-state index >= 15 is 0 Å². The number of amides is 1. The number of aromatic carboxylic acids is 1. The van der Waals surface area contributed by atoms with Gasteiger partial charge in [0.15, 0.2) is 5.09 Å². The van der Waals surface area contributed by atoms with Gasteiger partial charge in [0.1, 0.15) is 0 Å². The second-order valence-corrected chi connectivity index (χ2v) is 8.41. The van der Waals surface area contributed by atoms with Crippen molar-refractivity contribution < 1.29 is 23.8 Å². The summed E-state index contributed by atoms with van der Waals surface area (Å²) in [5.74, 6) is -1.49. The third-order valence-corrected chi connectivity index (χ3v) is 6.09. The van der Waals surface area contributed by atoms with Crippen molar-refractivity contribution in [3.8, 4) is 0 Å². The number of rotatable bonds is 7. The lowest BCUT2D eigenvalue weighted by Gasteiger charge is -2.35. The van der Waals surface area contributed by atoms with Crippen LogP contribution in [0.2, 0.25) is 10.0 Å². The lowest BCUT2D eigenvalue weighted by molar-refractivity contribution is -0.126. The van der Waals surface area contributed by atoms with Crippen molar-refractivity contribution in [2.45, 2.75) is 24.7 Å². The lowest BCUT2D eigenvalue weighted by Crippen LogP contribution is -2.46. The van der Waals surface area contributed by atoms with E-state index in [-0.39, 0.29) is 17.8 Å². The number of hydrogen-bond donors (Lipinski definition) is 1. The van der Waals surface area contributed by atoms with Gasteiger partial charge < -0.3 is 14.3 Å². The molecule has 0 unspecified atom stereocenters. The number of ether oxygens (including phenoxy) is 1. The highest BCUT2D eigenvalue weighted by atomic mass is 35.5. The second-order valence-electron chi connectivity index (χ2n) is 6.57. The van der Waals surface area contributed by atoms with Crippen LogP contribution in [0.25, 0.3) is 0 Å². The van der Waals surface area contributed by atoms with Crippen LogP contribution in [-0.4, -0.2) is 58.5 Å². The van der Waals surface area contributed by atoms with Crippen LogP contribution < -0.4 is 0 Å². The summed E-state index contributed by atoms with van der Waals surface area (Å²) in [4.78, 5) is 25.2. The summed E-state index contributed by atoms with van der Waals surface area (Å²) in [7, 11) is 0. The molecule has 7 nitrogen and oxygen atoms in total. The molecular formula is C19H20Cl2N2O5S. The fraction of sp³-hybridized carbons (Fsp3) is 0.368. The van der Waals surface area contributed by atoms with E-state index in [4.69, 9.17) is 37.5 Å². The van der Waals surface area contributed by atoms with Crippen LogP contribution in [0.5, 0.6) is 0 Å². The zero-order chi connectivity index (χ0) is 21.0. The predicted molar refractivity (Wildman–Crippen MR) is 110 cm³/mol. The molecule has 0 saturated carbocycles. The topological polar surface area (TPSA) is 83.2 Å². The first-order chi connectivity index (χ1) is 13.8. The van der Waals surface area contributed by atoms with Gasteiger partial charge >= 0.3 is 5.97 Å². The molecule has 1 N–H and O–H groups in total. The van der Waals surface area contributed by atoms with Gasteiger partial charge in [0.25, 0.3) is 0 Å². The number of carboxylic acids is 1. The minimum absolute atomic E-state index is 0.169. The van der Waals surface area contributed by atoms with Gasteiger partial charge in [-0.05, 0) is 29.8 Å². The molecule has 1 aliphatic rings. The maximum atomic E-state index is 12.1. The van der Waals surface area contributed by atoms with Gasteiger partial charge in [0.05, 0.1) is 29.3 Å². The Hall–Kier alpha value is -1.71. The average Bonchev–Trinajstić information content (AvgIpc) is 3.13. The minimum atomic E-state index is -1.15. The zero-order valence-electron chi connectivity index (χ0n) is 15.6. The van der Waals surface area contributed by atoms with Gasteiger partial charge in [0, 0.05) is 38.5 Å². The highest BCUT2D eigenvalue weighted by molar-refractivity contribution is 7.97. The van der Waals surface area contributed by atoms with Crippen LogP contribution >= 0.6 is 35.1 Å². The number of carboxylic acid groups (broad SMARTS) is 1. The lowest BCUT2D eigenvalue weighted by atomic mass is 10.2. The van der Waals surface area contributed by atoms with Crippen molar-refractivity contribution >= 4 is 47.0 Å². The van der Waals surface area contributed by atoms with Crippen LogP contribution in [0.1, 0.15) is 23.0 Å². The van der Waals surface area contributed by atoms with E-state index in [0.717, 1.165) is 24.1 Å². The first-order valence-electron chi connectivity index (χ1n) is 8.89. The number of furan rings is 1. The van der Waals surface area contributed by atoms with E-state index in [1.165, 1.54) is 23.4 Å². The minimum Gasteiger partial charge on any atom is -0.475 e. The number of carbonyl (C=O) groups excluding carboxylic acids is 1. The number of halogens is 2. The third-order valence-electron chi connectivity index (χ3n) is 4.33. The SMILES string of the molecule is CC(=O)N(C[C@@H]1CN(Cc2ccc(Cl)c(Cl)c2)CCO1)Sc1ccc(C(=O)O)o1. The molecule has 1 atom stereocenters. The van der Waals surface area contributed by atoms with Gasteiger partial charge in [-0.25, -0.2) is 4.79 Å². The highest BCUT2D eigenvalue weighted by Gasteiger charge is 2.25. The largest absolute Gasteiger partial charge is 0.475 e. The molecule has 1 aliphatic heterocycles. The average molecular weight is 459 g/mol. The van der Waals surface area contributed by atoms with E-state index in [9.17, 15) is 9.59 Å². The fourth-order valence-corrected chi connectivity index (χ4v) is 4.10. The molecule has 0 bridgehead atoms. The van der Waals surface area contributed by atoms with E-state index in [0.29, 0.717) is 41.4 Å². The monoisotopic (exact) mass is 458 g/mol. The molecule has 0 spiro atoms. The number of carbonyl (C=O) groups is 2. The first kappa shape index (κ1) is 22.0. The molecule has 0 aliphatic carbocycles. The van der Waals surface area contributed by atoms with Crippen LogP contribution in [-0.2, 0) is 16.1 Å². The maximum absolute atomic E-state index is 12.1. The van der Waals surface area contributed by atoms with E-state index in [2.05, 4.69) is 4.90 Å². The quantitative estimate of drug-likeness (QED) is 0.626. The van der Waals surface area contributed by atoms with Gasteiger partial charge in [-0.3, -0.25) is 14.0 Å². The molecule has 10 heteroatoms. The van der Waals surface area contributed by atoms with Gasteiger partial charge in [0.2, 0.25) is 11.7 Å². The molecule has 1 amide bonds. The van der Waals surface area contributed by atoms with Crippen molar-refractivity contribution in [1.82, 2.24) is 9.21 Å². The van der Waals surface area contributed by atoms with Gasteiger partial charge in [-0.15, -0.1) is 0 Å². The summed E-state index contributed by atoms with van der Waals surface area (Å²) in [6, 6.07) is 8.46. The maximum Gasteiger partial charge on any atom is 0.371 e. The van der Waals surface area contributed by atoms with Crippen LogP contribution in [0.3, 0.4) is 0 Å².